The Morgan fingerprint density at radius 1 is 1.60 bits per heavy atom. The highest BCUT2D eigenvalue weighted by molar-refractivity contribution is 7.97. The first kappa shape index (κ1) is 7.28. The average molecular weight is 156 g/mol. The van der Waals surface area contributed by atoms with Crippen LogP contribution in [-0.4, -0.2) is 8.42 Å². The Morgan fingerprint density at radius 3 is 2.70 bits per heavy atom. The van der Waals surface area contributed by atoms with Crippen molar-refractivity contribution in [2.24, 2.45) is 0 Å². The number of hydrogen-bond acceptors (Lipinski definition) is 2. The second-order valence-electron chi connectivity index (χ2n) is 2.08. The normalized spacial score (nSPS) is 20.6. The number of hydrogen-bond donors (Lipinski definition) is 0. The number of sulfone groups is 1. The van der Waals surface area contributed by atoms with E-state index in [9.17, 15) is 8.42 Å². The van der Waals surface area contributed by atoms with E-state index in [-0.39, 0.29) is 0 Å². The Kier molecular flexibility index (Phi) is 1.76. The maximum absolute atomic E-state index is 10.7. The molecule has 0 saturated heterocycles. The summed E-state index contributed by atoms with van der Waals surface area (Å²) in [6.45, 7) is 3.50. The highest BCUT2D eigenvalue weighted by Gasteiger charge is 2.08. The summed E-state index contributed by atoms with van der Waals surface area (Å²) in [6, 6.07) is 0. The minimum absolute atomic E-state index is 0.621. The zero-order valence-corrected chi connectivity index (χ0v) is 6.26. The molecule has 0 aromatic heterocycles. The van der Waals surface area contributed by atoms with Crippen LogP contribution in [0.4, 0.5) is 0 Å². The third-order valence-electron chi connectivity index (χ3n) is 1.17. The quantitative estimate of drug-likeness (QED) is 0.566. The maximum Gasteiger partial charge on any atom is 0.193 e. The summed E-state index contributed by atoms with van der Waals surface area (Å²) in [4.78, 5) is 0. The molecule has 0 aromatic rings. The monoisotopic (exact) mass is 156 g/mol. The summed E-state index contributed by atoms with van der Waals surface area (Å²) in [5.41, 5.74) is 0.801. The molecule has 0 saturated carbocycles. The molecule has 0 atom stereocenters. The van der Waals surface area contributed by atoms with Crippen molar-refractivity contribution >= 4 is 9.84 Å². The summed E-state index contributed by atoms with van der Waals surface area (Å²) in [6.07, 6.45) is 3.89. The van der Waals surface area contributed by atoms with Gasteiger partial charge in [-0.25, -0.2) is 8.42 Å². The Labute approximate surface area is 60.5 Å². The van der Waals surface area contributed by atoms with Gasteiger partial charge in [0.1, 0.15) is 0 Å². The molecule has 0 aromatic carbocycles. The van der Waals surface area contributed by atoms with Gasteiger partial charge in [-0.15, -0.1) is 6.58 Å². The van der Waals surface area contributed by atoms with Crippen molar-refractivity contribution in [3.8, 4) is 0 Å². The highest BCUT2D eigenvalue weighted by Crippen LogP contribution is 2.15. The van der Waals surface area contributed by atoms with E-state index >= 15 is 0 Å². The minimum Gasteiger partial charge on any atom is -0.220 e. The Hall–Kier alpha value is -0.830. The van der Waals surface area contributed by atoms with Gasteiger partial charge in [-0.2, -0.15) is 0 Å². The van der Waals surface area contributed by atoms with E-state index in [1.807, 2.05) is 0 Å². The Balaban J connectivity index is 2.88. The van der Waals surface area contributed by atoms with Crippen LogP contribution < -0.4 is 0 Å². The van der Waals surface area contributed by atoms with Gasteiger partial charge >= 0.3 is 0 Å². The molecule has 0 radical (unpaired) electrons. The van der Waals surface area contributed by atoms with Crippen LogP contribution in [0, 0.1) is 0 Å². The maximum atomic E-state index is 10.7. The molecule has 0 N–H and O–H groups in total. The summed E-state index contributed by atoms with van der Waals surface area (Å²) in [7, 11) is -3.01. The predicted octanol–water partition coefficient (Wildman–Crippen LogP) is 1.39. The Morgan fingerprint density at radius 2 is 2.30 bits per heavy atom. The van der Waals surface area contributed by atoms with Crippen LogP contribution in [0.3, 0.4) is 0 Å². The molecule has 10 heavy (non-hydrogen) atoms. The third kappa shape index (κ3) is 1.57. The fourth-order valence-electron chi connectivity index (χ4n) is 0.755. The van der Waals surface area contributed by atoms with Gasteiger partial charge in [-0.3, -0.25) is 0 Å². The second-order valence-corrected chi connectivity index (χ2v) is 3.76. The van der Waals surface area contributed by atoms with Crippen molar-refractivity contribution < 1.29 is 8.42 Å². The van der Waals surface area contributed by atoms with Crippen LogP contribution in [-0.2, 0) is 9.84 Å². The van der Waals surface area contributed by atoms with Crippen molar-refractivity contribution in [1.29, 1.82) is 0 Å². The van der Waals surface area contributed by atoms with Crippen LogP contribution in [0.1, 0.15) is 6.42 Å². The Bertz CT molecular complexity index is 294. The summed E-state index contributed by atoms with van der Waals surface area (Å²) < 4.78 is 21.4. The van der Waals surface area contributed by atoms with Crippen molar-refractivity contribution in [3.05, 3.63) is 35.1 Å². The van der Waals surface area contributed by atoms with Crippen molar-refractivity contribution in [2.45, 2.75) is 6.42 Å². The van der Waals surface area contributed by atoms with Crippen molar-refractivity contribution in [1.82, 2.24) is 0 Å². The lowest BCUT2D eigenvalue weighted by Gasteiger charge is -1.85. The average Bonchev–Trinajstić information content (AvgIpc) is 2.12. The van der Waals surface area contributed by atoms with Gasteiger partial charge in [-0.1, -0.05) is 6.08 Å². The van der Waals surface area contributed by atoms with Crippen LogP contribution in [0.25, 0.3) is 0 Å². The molecule has 1 aliphatic heterocycles. The van der Waals surface area contributed by atoms with E-state index < -0.39 is 9.84 Å². The van der Waals surface area contributed by atoms with Crippen molar-refractivity contribution in [2.75, 3.05) is 0 Å². The molecule has 0 unspecified atom stereocenters. The molecule has 3 heteroatoms. The van der Waals surface area contributed by atoms with Gasteiger partial charge in [-0.05, 0) is 18.1 Å². The van der Waals surface area contributed by atoms with E-state index in [2.05, 4.69) is 6.58 Å². The van der Waals surface area contributed by atoms with Crippen LogP contribution in [0.5, 0.6) is 0 Å². The van der Waals surface area contributed by atoms with Crippen LogP contribution >= 0.6 is 0 Å². The van der Waals surface area contributed by atoms with E-state index in [1.165, 1.54) is 10.8 Å². The van der Waals surface area contributed by atoms with Gasteiger partial charge in [0, 0.05) is 10.8 Å². The lowest BCUT2D eigenvalue weighted by Crippen LogP contribution is -1.82. The molecule has 54 valence electrons. The molecule has 0 aliphatic carbocycles. The zero-order valence-electron chi connectivity index (χ0n) is 5.45. The molecule has 1 aliphatic rings. The fourth-order valence-corrected chi connectivity index (χ4v) is 1.79. The number of rotatable bonds is 2. The summed E-state index contributed by atoms with van der Waals surface area (Å²) in [5.74, 6) is 0. The molecule has 0 bridgehead atoms. The first-order chi connectivity index (χ1) is 4.64. The largest absolute Gasteiger partial charge is 0.220 e. The van der Waals surface area contributed by atoms with Gasteiger partial charge in [0.2, 0.25) is 0 Å². The molecule has 0 fully saturated rings. The molecule has 0 spiro atoms. The van der Waals surface area contributed by atoms with E-state index in [4.69, 9.17) is 0 Å². The smallest absolute Gasteiger partial charge is 0.193 e. The molecule has 1 heterocycles. The molecule has 2 nitrogen and oxygen atoms in total. The lowest BCUT2D eigenvalue weighted by molar-refractivity contribution is 0.613. The van der Waals surface area contributed by atoms with E-state index in [1.54, 1.807) is 12.2 Å². The van der Waals surface area contributed by atoms with Crippen LogP contribution in [0.2, 0.25) is 0 Å². The summed E-state index contributed by atoms with van der Waals surface area (Å²) >= 11 is 0. The summed E-state index contributed by atoms with van der Waals surface area (Å²) in [5, 5.41) is 2.46. The molecular weight excluding hydrogens is 148 g/mol. The standard InChI is InChI=1S/C7H8O2S/c1-2-3-7-4-5-10(8,9)6-7/h2,4-6H,1,3H2. The van der Waals surface area contributed by atoms with Gasteiger partial charge in [0.15, 0.2) is 9.84 Å². The first-order valence-corrected chi connectivity index (χ1v) is 4.49. The molecule has 1 rings (SSSR count). The van der Waals surface area contributed by atoms with Gasteiger partial charge in [0.05, 0.1) is 0 Å². The van der Waals surface area contributed by atoms with Crippen LogP contribution in [0.15, 0.2) is 35.1 Å². The number of allylic oxidation sites excluding steroid dienone is 3. The van der Waals surface area contributed by atoms with E-state index in [0.717, 1.165) is 5.57 Å². The second kappa shape index (κ2) is 2.42. The van der Waals surface area contributed by atoms with E-state index in [0.29, 0.717) is 6.42 Å². The van der Waals surface area contributed by atoms with Gasteiger partial charge in [0.25, 0.3) is 0 Å². The topological polar surface area (TPSA) is 34.1 Å². The first-order valence-electron chi connectivity index (χ1n) is 2.89. The minimum atomic E-state index is -3.01. The highest BCUT2D eigenvalue weighted by atomic mass is 32.2. The van der Waals surface area contributed by atoms with Gasteiger partial charge < -0.3 is 0 Å². The zero-order chi connectivity index (χ0) is 7.61. The lowest BCUT2D eigenvalue weighted by atomic mass is 10.2. The molecular formula is C7H8O2S. The van der Waals surface area contributed by atoms with Crippen molar-refractivity contribution in [3.63, 3.8) is 0 Å². The molecule has 0 amide bonds. The SMILES string of the molecule is C=CCC1=CS(=O)(=O)C=C1. The third-order valence-corrected chi connectivity index (χ3v) is 2.31. The fraction of sp³-hybridized carbons (Fsp3) is 0.143. The predicted molar refractivity (Wildman–Crippen MR) is 41.0 cm³/mol.